The topological polar surface area (TPSA) is 81.8 Å². The van der Waals surface area contributed by atoms with Crippen LogP contribution in [0.4, 0.5) is 0 Å². The van der Waals surface area contributed by atoms with Crippen molar-refractivity contribution < 1.29 is 4.79 Å². The zero-order chi connectivity index (χ0) is 18.8. The summed E-state index contributed by atoms with van der Waals surface area (Å²) in [6.07, 6.45) is 1.60. The first kappa shape index (κ1) is 17.0. The van der Waals surface area contributed by atoms with E-state index >= 15 is 0 Å². The highest BCUT2D eigenvalue weighted by Crippen LogP contribution is 2.14. The molecule has 0 bridgehead atoms. The van der Waals surface area contributed by atoms with E-state index in [1.807, 2.05) is 43.3 Å². The fourth-order valence-corrected chi connectivity index (χ4v) is 3.22. The summed E-state index contributed by atoms with van der Waals surface area (Å²) in [5.41, 5.74) is 1.71. The Morgan fingerprint density at radius 2 is 1.89 bits per heavy atom. The molecule has 0 aliphatic heterocycles. The van der Waals surface area contributed by atoms with Gasteiger partial charge in [-0.25, -0.2) is 9.67 Å². The first-order valence-electron chi connectivity index (χ1n) is 8.77. The maximum Gasteiger partial charge on any atom is 0.275 e. The predicted octanol–water partition coefficient (Wildman–Crippen LogP) is 1.87. The Morgan fingerprint density at radius 1 is 1.11 bits per heavy atom. The first-order chi connectivity index (χ1) is 13.1. The van der Waals surface area contributed by atoms with Gasteiger partial charge in [0.1, 0.15) is 12.4 Å². The molecule has 0 atom stereocenters. The molecule has 4 rings (SSSR count). The lowest BCUT2D eigenvalue weighted by atomic mass is 10.2. The minimum absolute atomic E-state index is 0.104. The number of amides is 1. The highest BCUT2D eigenvalue weighted by molar-refractivity contribution is 5.81. The van der Waals surface area contributed by atoms with Crippen LogP contribution in [0.2, 0.25) is 0 Å². The number of carbonyl (C=O) groups is 1. The average Bonchev–Trinajstić information content (AvgIpc) is 3.00. The second-order valence-corrected chi connectivity index (χ2v) is 6.34. The molecular formula is C20H19N5O2. The Bertz CT molecular complexity index is 1190. The van der Waals surface area contributed by atoms with Gasteiger partial charge in [0.05, 0.1) is 22.6 Å². The van der Waals surface area contributed by atoms with Crippen LogP contribution in [0.25, 0.3) is 21.8 Å². The van der Waals surface area contributed by atoms with Crippen LogP contribution < -0.4 is 10.9 Å². The largest absolute Gasteiger partial charge is 0.353 e. The summed E-state index contributed by atoms with van der Waals surface area (Å²) in [6, 6.07) is 15.1. The smallest absolute Gasteiger partial charge is 0.275 e. The van der Waals surface area contributed by atoms with Gasteiger partial charge in [-0.1, -0.05) is 30.3 Å². The van der Waals surface area contributed by atoms with Gasteiger partial charge in [0.2, 0.25) is 5.91 Å². The van der Waals surface area contributed by atoms with Crippen molar-refractivity contribution in [1.29, 1.82) is 0 Å². The van der Waals surface area contributed by atoms with Crippen molar-refractivity contribution in [2.75, 3.05) is 6.54 Å². The van der Waals surface area contributed by atoms with Crippen LogP contribution in [0.5, 0.6) is 0 Å². The summed E-state index contributed by atoms with van der Waals surface area (Å²) in [4.78, 5) is 29.2. The molecule has 7 heteroatoms. The van der Waals surface area contributed by atoms with Crippen LogP contribution >= 0.6 is 0 Å². The molecule has 0 aliphatic carbocycles. The van der Waals surface area contributed by atoms with Crippen molar-refractivity contribution in [3.8, 4) is 0 Å². The summed E-state index contributed by atoms with van der Waals surface area (Å²) >= 11 is 0. The summed E-state index contributed by atoms with van der Waals surface area (Å²) in [7, 11) is 0. The van der Waals surface area contributed by atoms with Gasteiger partial charge >= 0.3 is 0 Å². The number of nitrogens with zero attached hydrogens (tertiary/aromatic N) is 4. The maximum atomic E-state index is 12.4. The van der Waals surface area contributed by atoms with E-state index in [9.17, 15) is 9.59 Å². The molecule has 136 valence electrons. The molecule has 0 fully saturated rings. The highest BCUT2D eigenvalue weighted by Gasteiger charge is 2.10. The molecule has 0 aliphatic rings. The third-order valence-corrected chi connectivity index (χ3v) is 4.56. The molecule has 4 aromatic rings. The number of fused-ring (bicyclic) bond motifs is 2. The SMILES string of the molecule is Cc1nc2ccccc2n1CCNC(=O)Cn1ncc2ccccc2c1=O. The molecule has 1 amide bonds. The van der Waals surface area contributed by atoms with E-state index < -0.39 is 0 Å². The van der Waals surface area contributed by atoms with Crippen molar-refractivity contribution in [3.05, 3.63) is 70.9 Å². The average molecular weight is 361 g/mol. The molecule has 2 heterocycles. The molecule has 27 heavy (non-hydrogen) atoms. The maximum absolute atomic E-state index is 12.4. The van der Waals surface area contributed by atoms with Gasteiger partial charge < -0.3 is 9.88 Å². The Labute approximate surface area is 155 Å². The Kier molecular flexibility index (Phi) is 4.42. The minimum atomic E-state index is -0.264. The third-order valence-electron chi connectivity index (χ3n) is 4.56. The van der Waals surface area contributed by atoms with Crippen LogP contribution in [-0.4, -0.2) is 31.8 Å². The zero-order valence-electron chi connectivity index (χ0n) is 14.9. The summed E-state index contributed by atoms with van der Waals surface area (Å²) in [6.45, 7) is 2.90. The van der Waals surface area contributed by atoms with Crippen LogP contribution in [0, 0.1) is 6.92 Å². The lowest BCUT2D eigenvalue weighted by molar-refractivity contribution is -0.121. The molecule has 1 N–H and O–H groups in total. The van der Waals surface area contributed by atoms with E-state index in [0.29, 0.717) is 18.5 Å². The number of hydrogen-bond donors (Lipinski definition) is 1. The fourth-order valence-electron chi connectivity index (χ4n) is 3.22. The third kappa shape index (κ3) is 3.31. The van der Waals surface area contributed by atoms with Gasteiger partial charge in [0.15, 0.2) is 0 Å². The fraction of sp³-hybridized carbons (Fsp3) is 0.200. The van der Waals surface area contributed by atoms with Crippen molar-refractivity contribution >= 4 is 27.7 Å². The van der Waals surface area contributed by atoms with E-state index in [2.05, 4.69) is 20.0 Å². The quantitative estimate of drug-likeness (QED) is 0.588. The number of benzene rings is 2. The number of aryl methyl sites for hydroxylation is 1. The monoisotopic (exact) mass is 361 g/mol. The van der Waals surface area contributed by atoms with E-state index in [1.165, 1.54) is 4.68 Å². The number of hydrogen-bond acceptors (Lipinski definition) is 4. The Morgan fingerprint density at radius 3 is 2.78 bits per heavy atom. The molecule has 0 saturated heterocycles. The van der Waals surface area contributed by atoms with E-state index in [0.717, 1.165) is 22.2 Å². The second-order valence-electron chi connectivity index (χ2n) is 6.34. The van der Waals surface area contributed by atoms with Crippen LogP contribution in [0.3, 0.4) is 0 Å². The molecule has 0 radical (unpaired) electrons. The summed E-state index contributed by atoms with van der Waals surface area (Å²) in [5.74, 6) is 0.653. The van der Waals surface area contributed by atoms with Gasteiger partial charge in [0.25, 0.3) is 5.56 Å². The molecule has 0 spiro atoms. The van der Waals surface area contributed by atoms with Crippen LogP contribution in [-0.2, 0) is 17.9 Å². The first-order valence-corrected chi connectivity index (χ1v) is 8.77. The van der Waals surface area contributed by atoms with Gasteiger partial charge in [0, 0.05) is 18.5 Å². The Hall–Kier alpha value is -3.48. The zero-order valence-corrected chi connectivity index (χ0v) is 14.9. The molecule has 2 aromatic heterocycles. The number of rotatable bonds is 5. The normalized spacial score (nSPS) is 11.1. The van der Waals surface area contributed by atoms with Crippen molar-refractivity contribution in [1.82, 2.24) is 24.6 Å². The summed E-state index contributed by atoms with van der Waals surface area (Å²) < 4.78 is 3.26. The van der Waals surface area contributed by atoms with Gasteiger partial charge in [-0.2, -0.15) is 5.10 Å². The minimum Gasteiger partial charge on any atom is -0.353 e. The van der Waals surface area contributed by atoms with E-state index in [1.54, 1.807) is 18.3 Å². The highest BCUT2D eigenvalue weighted by atomic mass is 16.2. The van der Waals surface area contributed by atoms with Crippen LogP contribution in [0.15, 0.2) is 59.5 Å². The van der Waals surface area contributed by atoms with Crippen molar-refractivity contribution in [3.63, 3.8) is 0 Å². The molecule has 2 aromatic carbocycles. The van der Waals surface area contributed by atoms with Crippen molar-refractivity contribution in [2.45, 2.75) is 20.0 Å². The molecule has 0 unspecified atom stereocenters. The lowest BCUT2D eigenvalue weighted by Gasteiger charge is -2.09. The molecule has 0 saturated carbocycles. The number of nitrogens with one attached hydrogen (secondary N) is 1. The molecule has 7 nitrogen and oxygen atoms in total. The van der Waals surface area contributed by atoms with Gasteiger partial charge in [-0.05, 0) is 25.1 Å². The number of carbonyl (C=O) groups excluding carboxylic acids is 1. The standard InChI is InChI=1S/C20H19N5O2/c1-14-23-17-8-4-5-9-18(17)24(14)11-10-21-19(26)13-25-20(27)16-7-3-2-6-15(16)12-22-25/h2-9,12H,10-11,13H2,1H3,(H,21,26). The van der Waals surface area contributed by atoms with E-state index in [4.69, 9.17) is 0 Å². The second kappa shape index (κ2) is 7.03. The Balaban J connectivity index is 1.42. The number of para-hydroxylation sites is 2. The lowest BCUT2D eigenvalue weighted by Crippen LogP contribution is -2.35. The van der Waals surface area contributed by atoms with Gasteiger partial charge in [-0.3, -0.25) is 9.59 Å². The number of aromatic nitrogens is 4. The number of imidazole rings is 1. The van der Waals surface area contributed by atoms with Gasteiger partial charge in [-0.15, -0.1) is 0 Å². The predicted molar refractivity (Wildman–Crippen MR) is 103 cm³/mol. The summed E-state index contributed by atoms with van der Waals surface area (Å²) in [5, 5.41) is 8.26. The van der Waals surface area contributed by atoms with Crippen LogP contribution in [0.1, 0.15) is 5.82 Å². The molecular weight excluding hydrogens is 342 g/mol. The van der Waals surface area contributed by atoms with Crippen molar-refractivity contribution in [2.24, 2.45) is 0 Å². The van der Waals surface area contributed by atoms with E-state index in [-0.39, 0.29) is 18.0 Å².